The number of quaternary nitrogens is 1. The van der Waals surface area contributed by atoms with Gasteiger partial charge in [-0.05, 0) is 12.1 Å². The Hall–Kier alpha value is -2.15. The number of hydrogen-bond acceptors (Lipinski definition) is 5. The van der Waals surface area contributed by atoms with Crippen LogP contribution in [-0.2, 0) is 4.74 Å². The average molecular weight is 239 g/mol. The Bertz CT molecular complexity index is 427. The maximum absolute atomic E-state index is 11.2. The van der Waals surface area contributed by atoms with Gasteiger partial charge in [0, 0.05) is 12.1 Å². The average Bonchev–Trinajstić information content (AvgIpc) is 2.24. The predicted octanol–water partition coefficient (Wildman–Crippen LogP) is 0.0558. The van der Waals surface area contributed by atoms with Gasteiger partial charge in [0.15, 0.2) is 0 Å². The second-order valence-corrected chi connectivity index (χ2v) is 3.60. The molecule has 2 rings (SSSR count). The molecular formula is C10H11N2O5+. The zero-order chi connectivity index (χ0) is 12.3. The highest BCUT2D eigenvalue weighted by atomic mass is 16.7. The SMILES string of the molecule is O=C(Oc1ccc([N+](=O)[O-])cc1)OC1C[NH2+]C1. The minimum Gasteiger partial charge on any atom is -0.419 e. The second-order valence-electron chi connectivity index (χ2n) is 3.60. The van der Waals surface area contributed by atoms with E-state index in [1.54, 1.807) is 0 Å². The second kappa shape index (κ2) is 4.79. The summed E-state index contributed by atoms with van der Waals surface area (Å²) in [5.74, 6) is 0.226. The first kappa shape index (κ1) is 11.3. The molecule has 1 aromatic rings. The lowest BCUT2D eigenvalue weighted by atomic mass is 10.2. The summed E-state index contributed by atoms with van der Waals surface area (Å²) >= 11 is 0. The maximum Gasteiger partial charge on any atom is 0.514 e. The summed E-state index contributed by atoms with van der Waals surface area (Å²) in [4.78, 5) is 21.1. The topological polar surface area (TPSA) is 95.3 Å². The molecule has 1 aliphatic heterocycles. The fourth-order valence-corrected chi connectivity index (χ4v) is 1.29. The summed E-state index contributed by atoms with van der Waals surface area (Å²) in [7, 11) is 0. The smallest absolute Gasteiger partial charge is 0.419 e. The molecule has 1 aliphatic rings. The molecule has 0 aliphatic carbocycles. The Morgan fingerprint density at radius 2 is 2.00 bits per heavy atom. The third kappa shape index (κ3) is 2.91. The Kier molecular flexibility index (Phi) is 3.20. The summed E-state index contributed by atoms with van der Waals surface area (Å²) < 4.78 is 9.80. The van der Waals surface area contributed by atoms with Crippen molar-refractivity contribution in [2.75, 3.05) is 13.1 Å². The molecule has 90 valence electrons. The van der Waals surface area contributed by atoms with Crippen molar-refractivity contribution in [2.24, 2.45) is 0 Å². The van der Waals surface area contributed by atoms with E-state index in [4.69, 9.17) is 9.47 Å². The molecule has 0 radical (unpaired) electrons. The number of nitro groups is 1. The van der Waals surface area contributed by atoms with E-state index in [0.29, 0.717) is 0 Å². The summed E-state index contributed by atoms with van der Waals surface area (Å²) in [5.41, 5.74) is -0.0562. The number of ether oxygens (including phenoxy) is 2. The van der Waals surface area contributed by atoms with Gasteiger partial charge < -0.3 is 14.8 Å². The molecule has 1 saturated heterocycles. The van der Waals surface area contributed by atoms with E-state index in [1.807, 2.05) is 5.32 Å². The number of rotatable bonds is 3. The van der Waals surface area contributed by atoms with Crippen LogP contribution in [0, 0.1) is 10.1 Å². The van der Waals surface area contributed by atoms with Crippen LogP contribution in [0.2, 0.25) is 0 Å². The van der Waals surface area contributed by atoms with E-state index >= 15 is 0 Å². The number of benzene rings is 1. The fraction of sp³-hybridized carbons (Fsp3) is 0.300. The maximum atomic E-state index is 11.2. The van der Waals surface area contributed by atoms with Gasteiger partial charge in [0.05, 0.1) is 4.92 Å². The Labute approximate surface area is 96.5 Å². The highest BCUT2D eigenvalue weighted by Gasteiger charge is 2.26. The van der Waals surface area contributed by atoms with E-state index in [2.05, 4.69) is 0 Å². The monoisotopic (exact) mass is 239 g/mol. The highest BCUT2D eigenvalue weighted by molar-refractivity contribution is 5.64. The molecule has 0 amide bonds. The first-order valence-corrected chi connectivity index (χ1v) is 5.10. The Morgan fingerprint density at radius 1 is 1.35 bits per heavy atom. The number of non-ortho nitro benzene ring substituents is 1. The summed E-state index contributed by atoms with van der Waals surface area (Å²) in [6.45, 7) is 1.49. The van der Waals surface area contributed by atoms with Crippen LogP contribution in [0.4, 0.5) is 10.5 Å². The number of carbonyl (C=O) groups excluding carboxylic acids is 1. The van der Waals surface area contributed by atoms with Gasteiger partial charge in [0.1, 0.15) is 18.8 Å². The van der Waals surface area contributed by atoms with Crippen molar-refractivity contribution in [2.45, 2.75) is 6.10 Å². The Morgan fingerprint density at radius 3 is 2.47 bits per heavy atom. The highest BCUT2D eigenvalue weighted by Crippen LogP contribution is 2.17. The Balaban J connectivity index is 1.89. The van der Waals surface area contributed by atoms with Crippen molar-refractivity contribution in [1.82, 2.24) is 0 Å². The lowest BCUT2D eigenvalue weighted by Gasteiger charge is -2.21. The molecule has 1 aromatic carbocycles. The molecule has 0 aromatic heterocycles. The van der Waals surface area contributed by atoms with E-state index in [-0.39, 0.29) is 17.5 Å². The van der Waals surface area contributed by atoms with Crippen molar-refractivity contribution in [3.05, 3.63) is 34.4 Å². The summed E-state index contributed by atoms with van der Waals surface area (Å²) in [5, 5.41) is 12.4. The zero-order valence-corrected chi connectivity index (χ0v) is 8.87. The molecular weight excluding hydrogens is 228 g/mol. The third-order valence-corrected chi connectivity index (χ3v) is 2.37. The van der Waals surface area contributed by atoms with Crippen molar-refractivity contribution >= 4 is 11.8 Å². The van der Waals surface area contributed by atoms with Crippen molar-refractivity contribution in [1.29, 1.82) is 0 Å². The number of carbonyl (C=O) groups is 1. The molecule has 17 heavy (non-hydrogen) atoms. The van der Waals surface area contributed by atoms with Crippen LogP contribution < -0.4 is 10.1 Å². The largest absolute Gasteiger partial charge is 0.514 e. The van der Waals surface area contributed by atoms with Crippen LogP contribution in [0.15, 0.2) is 24.3 Å². The van der Waals surface area contributed by atoms with Crippen molar-refractivity contribution < 1.29 is 24.5 Å². The number of nitrogens with two attached hydrogens (primary N) is 1. The van der Waals surface area contributed by atoms with Crippen molar-refractivity contribution in [3.8, 4) is 5.75 Å². The summed E-state index contributed by atoms with van der Waals surface area (Å²) in [6, 6.07) is 5.23. The van der Waals surface area contributed by atoms with E-state index in [9.17, 15) is 14.9 Å². The van der Waals surface area contributed by atoms with Crippen molar-refractivity contribution in [3.63, 3.8) is 0 Å². The van der Waals surface area contributed by atoms with Gasteiger partial charge in [-0.2, -0.15) is 0 Å². The normalized spacial score (nSPS) is 14.8. The third-order valence-electron chi connectivity index (χ3n) is 2.37. The van der Waals surface area contributed by atoms with Gasteiger partial charge in [0.25, 0.3) is 5.69 Å². The zero-order valence-electron chi connectivity index (χ0n) is 8.87. The lowest BCUT2D eigenvalue weighted by molar-refractivity contribution is -0.722. The van der Waals surface area contributed by atoms with Crippen LogP contribution in [-0.4, -0.2) is 30.3 Å². The number of hydrogen-bond donors (Lipinski definition) is 1. The summed E-state index contributed by atoms with van der Waals surface area (Å²) in [6.07, 6.45) is -0.877. The molecule has 1 fully saturated rings. The molecule has 7 nitrogen and oxygen atoms in total. The fourth-order valence-electron chi connectivity index (χ4n) is 1.29. The number of nitrogens with zero attached hydrogens (tertiary/aromatic N) is 1. The van der Waals surface area contributed by atoms with Gasteiger partial charge in [0.2, 0.25) is 6.10 Å². The molecule has 7 heteroatoms. The lowest BCUT2D eigenvalue weighted by Crippen LogP contribution is -2.98. The standard InChI is InChI=1S/C10H10N2O5/c13-10(17-9-5-11-6-9)16-8-3-1-7(2-4-8)12(14)15/h1-4,9,11H,5-6H2/p+1. The first-order chi connectivity index (χ1) is 8.15. The minimum atomic E-state index is -0.781. The van der Waals surface area contributed by atoms with Gasteiger partial charge in [-0.15, -0.1) is 0 Å². The number of nitro benzene ring substituents is 1. The molecule has 0 bridgehead atoms. The van der Waals surface area contributed by atoms with Crippen LogP contribution in [0.1, 0.15) is 0 Å². The van der Waals surface area contributed by atoms with Crippen LogP contribution in [0.25, 0.3) is 0 Å². The van der Waals surface area contributed by atoms with E-state index in [0.717, 1.165) is 13.1 Å². The van der Waals surface area contributed by atoms with Gasteiger partial charge in [-0.1, -0.05) is 0 Å². The molecule has 0 saturated carbocycles. The van der Waals surface area contributed by atoms with Gasteiger partial charge >= 0.3 is 6.16 Å². The molecule has 0 spiro atoms. The quantitative estimate of drug-likeness (QED) is 0.348. The van der Waals surface area contributed by atoms with Crippen LogP contribution in [0.3, 0.4) is 0 Å². The minimum absolute atomic E-state index is 0.0562. The van der Waals surface area contributed by atoms with E-state index in [1.165, 1.54) is 24.3 Å². The molecule has 0 unspecified atom stereocenters. The predicted molar refractivity (Wildman–Crippen MR) is 55.7 cm³/mol. The molecule has 1 heterocycles. The first-order valence-electron chi connectivity index (χ1n) is 5.10. The van der Waals surface area contributed by atoms with Gasteiger partial charge in [-0.3, -0.25) is 10.1 Å². The van der Waals surface area contributed by atoms with Crippen LogP contribution >= 0.6 is 0 Å². The van der Waals surface area contributed by atoms with Crippen LogP contribution in [0.5, 0.6) is 5.75 Å². The molecule has 2 N–H and O–H groups in total. The van der Waals surface area contributed by atoms with Gasteiger partial charge in [-0.25, -0.2) is 4.79 Å². The van der Waals surface area contributed by atoms with E-state index < -0.39 is 11.1 Å². The molecule has 0 atom stereocenters.